The quantitative estimate of drug-likeness (QED) is 0.887. The maximum Gasteiger partial charge on any atom is 0.262 e. The van der Waals surface area contributed by atoms with Gasteiger partial charge in [-0.15, -0.1) is 0 Å². The number of aryl methyl sites for hydroxylation is 1. The molecule has 0 aliphatic rings. The predicted octanol–water partition coefficient (Wildman–Crippen LogP) is 3.16. The van der Waals surface area contributed by atoms with Crippen molar-refractivity contribution < 1.29 is 8.42 Å². The van der Waals surface area contributed by atoms with Crippen LogP contribution in [0.15, 0.2) is 47.4 Å². The fraction of sp³-hybridized carbons (Fsp3) is 0.200. The number of hydrogen-bond acceptors (Lipinski definition) is 3. The van der Waals surface area contributed by atoms with Crippen LogP contribution in [-0.4, -0.2) is 8.42 Å². The van der Waals surface area contributed by atoms with Crippen LogP contribution in [0.4, 0.5) is 5.69 Å². The van der Waals surface area contributed by atoms with E-state index in [9.17, 15) is 8.42 Å². The lowest BCUT2D eigenvalue weighted by atomic mass is 10.1. The molecule has 0 fully saturated rings. The molecule has 0 spiro atoms. The smallest absolute Gasteiger partial charge is 0.262 e. The summed E-state index contributed by atoms with van der Waals surface area (Å²) < 4.78 is 27.7. The molecule has 4 nitrogen and oxygen atoms in total. The highest BCUT2D eigenvalue weighted by atomic mass is 35.5. The van der Waals surface area contributed by atoms with Gasteiger partial charge in [-0.05, 0) is 41.8 Å². The molecule has 112 valence electrons. The molecule has 0 aliphatic heterocycles. The molecule has 0 radical (unpaired) electrons. The van der Waals surface area contributed by atoms with Crippen LogP contribution in [0.5, 0.6) is 0 Å². The largest absolute Gasteiger partial charge is 0.326 e. The van der Waals surface area contributed by atoms with Gasteiger partial charge in [-0.2, -0.15) is 0 Å². The molecule has 0 aliphatic carbocycles. The van der Waals surface area contributed by atoms with Crippen LogP contribution in [0.3, 0.4) is 0 Å². The number of anilines is 1. The number of nitrogens with one attached hydrogen (secondary N) is 1. The lowest BCUT2D eigenvalue weighted by Crippen LogP contribution is -2.15. The SMILES string of the molecule is CCc1ccc(CN)cc1S(=O)(=O)Nc1cccc(Cl)c1. The summed E-state index contributed by atoms with van der Waals surface area (Å²) in [5, 5.41) is 0.474. The van der Waals surface area contributed by atoms with Crippen LogP contribution in [0, 0.1) is 0 Å². The highest BCUT2D eigenvalue weighted by Crippen LogP contribution is 2.23. The van der Waals surface area contributed by atoms with Crippen molar-refractivity contribution in [3.05, 3.63) is 58.6 Å². The van der Waals surface area contributed by atoms with E-state index >= 15 is 0 Å². The molecule has 0 atom stereocenters. The van der Waals surface area contributed by atoms with E-state index in [0.717, 1.165) is 11.1 Å². The normalized spacial score (nSPS) is 11.4. The lowest BCUT2D eigenvalue weighted by Gasteiger charge is -2.13. The standard InChI is InChI=1S/C15H17ClN2O2S/c1-2-12-7-6-11(10-17)8-15(12)21(19,20)18-14-5-3-4-13(16)9-14/h3-9,18H,2,10,17H2,1H3. The van der Waals surface area contributed by atoms with Crippen LogP contribution >= 0.6 is 11.6 Å². The summed E-state index contributed by atoms with van der Waals surface area (Å²) >= 11 is 5.87. The highest BCUT2D eigenvalue weighted by molar-refractivity contribution is 7.92. The van der Waals surface area contributed by atoms with Gasteiger partial charge in [-0.1, -0.05) is 36.7 Å². The summed E-state index contributed by atoms with van der Waals surface area (Å²) in [5.74, 6) is 0. The average Bonchev–Trinajstić information content (AvgIpc) is 2.46. The number of sulfonamides is 1. The van der Waals surface area contributed by atoms with E-state index in [4.69, 9.17) is 17.3 Å². The molecular weight excluding hydrogens is 308 g/mol. The van der Waals surface area contributed by atoms with E-state index in [1.165, 1.54) is 0 Å². The third-order valence-electron chi connectivity index (χ3n) is 3.11. The van der Waals surface area contributed by atoms with Crippen LogP contribution in [0.2, 0.25) is 5.02 Å². The second-order valence-electron chi connectivity index (χ2n) is 4.62. The Morgan fingerprint density at radius 3 is 2.57 bits per heavy atom. The Labute approximate surface area is 130 Å². The first-order valence-corrected chi connectivity index (χ1v) is 8.42. The second-order valence-corrected chi connectivity index (χ2v) is 6.70. The minimum atomic E-state index is -3.67. The Balaban J connectivity index is 2.43. The van der Waals surface area contributed by atoms with E-state index in [-0.39, 0.29) is 4.90 Å². The Morgan fingerprint density at radius 2 is 1.95 bits per heavy atom. The van der Waals surface area contributed by atoms with Crippen LogP contribution < -0.4 is 10.5 Å². The molecule has 2 aromatic rings. The van der Waals surface area contributed by atoms with Gasteiger partial charge >= 0.3 is 0 Å². The summed E-state index contributed by atoms with van der Waals surface area (Å²) in [6, 6.07) is 11.9. The molecule has 0 heterocycles. The van der Waals surface area contributed by atoms with E-state index in [1.54, 1.807) is 36.4 Å². The van der Waals surface area contributed by atoms with Crippen molar-refractivity contribution in [3.8, 4) is 0 Å². The third-order valence-corrected chi connectivity index (χ3v) is 4.81. The molecule has 0 bridgehead atoms. The third kappa shape index (κ3) is 3.75. The van der Waals surface area contributed by atoms with E-state index in [2.05, 4.69) is 4.72 Å². The van der Waals surface area contributed by atoms with Gasteiger partial charge in [-0.25, -0.2) is 8.42 Å². The number of halogens is 1. The minimum absolute atomic E-state index is 0.257. The monoisotopic (exact) mass is 324 g/mol. The van der Waals surface area contributed by atoms with Gasteiger partial charge in [0.25, 0.3) is 10.0 Å². The minimum Gasteiger partial charge on any atom is -0.326 e. The van der Waals surface area contributed by atoms with Gasteiger partial charge in [-0.3, -0.25) is 4.72 Å². The maximum atomic E-state index is 12.6. The predicted molar refractivity (Wildman–Crippen MR) is 86.0 cm³/mol. The topological polar surface area (TPSA) is 72.2 Å². The molecule has 0 amide bonds. The molecule has 0 aromatic heterocycles. The van der Waals surface area contributed by atoms with Crippen molar-refractivity contribution >= 4 is 27.3 Å². The van der Waals surface area contributed by atoms with Crippen LogP contribution in [0.1, 0.15) is 18.1 Å². The molecule has 3 N–H and O–H groups in total. The molecule has 6 heteroatoms. The van der Waals surface area contributed by atoms with Crippen molar-refractivity contribution in [2.75, 3.05) is 4.72 Å². The van der Waals surface area contributed by atoms with E-state index in [1.807, 2.05) is 13.0 Å². The van der Waals surface area contributed by atoms with Crippen molar-refractivity contribution in [1.82, 2.24) is 0 Å². The Kier molecular flexibility index (Phi) is 4.88. The average molecular weight is 325 g/mol. The molecule has 2 rings (SSSR count). The number of rotatable bonds is 5. The zero-order chi connectivity index (χ0) is 15.5. The fourth-order valence-electron chi connectivity index (χ4n) is 2.03. The Bertz CT molecular complexity index is 745. The molecule has 21 heavy (non-hydrogen) atoms. The van der Waals surface area contributed by atoms with Gasteiger partial charge < -0.3 is 5.73 Å². The lowest BCUT2D eigenvalue weighted by molar-refractivity contribution is 0.600. The van der Waals surface area contributed by atoms with Crippen LogP contribution in [-0.2, 0) is 23.0 Å². The first-order chi connectivity index (χ1) is 9.96. The summed E-state index contributed by atoms with van der Waals surface area (Å²) in [5.41, 5.74) is 7.55. The van der Waals surface area contributed by atoms with Crippen molar-refractivity contribution in [3.63, 3.8) is 0 Å². The molecule has 0 unspecified atom stereocenters. The molecule has 2 aromatic carbocycles. The summed E-state index contributed by atoms with van der Waals surface area (Å²) in [6.07, 6.45) is 0.622. The van der Waals surface area contributed by atoms with Gasteiger partial charge in [0.15, 0.2) is 0 Å². The first-order valence-electron chi connectivity index (χ1n) is 6.56. The molecule has 0 saturated heterocycles. The summed E-state index contributed by atoms with van der Waals surface area (Å²) in [7, 11) is -3.67. The number of benzene rings is 2. The zero-order valence-corrected chi connectivity index (χ0v) is 13.2. The van der Waals surface area contributed by atoms with Gasteiger partial charge in [0.05, 0.1) is 10.6 Å². The summed E-state index contributed by atoms with van der Waals surface area (Å²) in [4.78, 5) is 0.257. The van der Waals surface area contributed by atoms with Gasteiger partial charge in [0.1, 0.15) is 0 Å². The van der Waals surface area contributed by atoms with Gasteiger partial charge in [0.2, 0.25) is 0 Å². The van der Waals surface area contributed by atoms with E-state index < -0.39 is 10.0 Å². The maximum absolute atomic E-state index is 12.6. The first kappa shape index (κ1) is 15.8. The summed E-state index contributed by atoms with van der Waals surface area (Å²) in [6.45, 7) is 2.21. The van der Waals surface area contributed by atoms with Crippen molar-refractivity contribution in [2.45, 2.75) is 24.8 Å². The molecular formula is C15H17ClN2O2S. The Hall–Kier alpha value is -1.56. The van der Waals surface area contributed by atoms with E-state index in [0.29, 0.717) is 23.7 Å². The molecule has 0 saturated carbocycles. The van der Waals surface area contributed by atoms with Crippen molar-refractivity contribution in [1.29, 1.82) is 0 Å². The highest BCUT2D eigenvalue weighted by Gasteiger charge is 2.18. The Morgan fingerprint density at radius 1 is 1.19 bits per heavy atom. The second kappa shape index (κ2) is 6.47. The zero-order valence-electron chi connectivity index (χ0n) is 11.6. The van der Waals surface area contributed by atoms with Gasteiger partial charge in [0, 0.05) is 11.6 Å². The van der Waals surface area contributed by atoms with Crippen LogP contribution in [0.25, 0.3) is 0 Å². The fourth-order valence-corrected chi connectivity index (χ4v) is 3.63. The number of nitrogens with two attached hydrogens (primary N) is 1. The van der Waals surface area contributed by atoms with Crippen molar-refractivity contribution in [2.24, 2.45) is 5.73 Å². The number of hydrogen-bond donors (Lipinski definition) is 2.